The van der Waals surface area contributed by atoms with Crippen molar-refractivity contribution in [2.45, 2.75) is 44.8 Å². The number of nitrogens with one attached hydrogen (secondary N) is 1. The van der Waals surface area contributed by atoms with Crippen LogP contribution >= 0.6 is 0 Å². The van der Waals surface area contributed by atoms with Crippen LogP contribution < -0.4 is 10.1 Å². The minimum Gasteiger partial charge on any atom is -0.496 e. The lowest BCUT2D eigenvalue weighted by Crippen LogP contribution is -2.37. The zero-order valence-corrected chi connectivity index (χ0v) is 15.2. The van der Waals surface area contributed by atoms with E-state index in [1.165, 1.54) is 6.42 Å². The van der Waals surface area contributed by atoms with Gasteiger partial charge in [-0.1, -0.05) is 18.2 Å². The van der Waals surface area contributed by atoms with E-state index in [1.807, 2.05) is 29.2 Å². The van der Waals surface area contributed by atoms with E-state index in [0.29, 0.717) is 25.4 Å². The monoisotopic (exact) mass is 346 g/mol. The van der Waals surface area contributed by atoms with Gasteiger partial charge in [-0.05, 0) is 50.8 Å². The van der Waals surface area contributed by atoms with Crippen molar-refractivity contribution in [2.75, 3.05) is 33.4 Å². The Morgan fingerprint density at radius 3 is 2.96 bits per heavy atom. The molecule has 2 atom stereocenters. The number of ether oxygens (including phenoxy) is 2. The van der Waals surface area contributed by atoms with Crippen molar-refractivity contribution >= 4 is 5.91 Å². The van der Waals surface area contributed by atoms with Crippen LogP contribution in [0.4, 0.5) is 0 Å². The number of hydrogen-bond donors (Lipinski definition) is 1. The SMILES string of the molecule is COc1ccccc1CN(CC1CCCO1)C(=O)CCC1CCNC1. The highest BCUT2D eigenvalue weighted by Gasteiger charge is 2.24. The summed E-state index contributed by atoms with van der Waals surface area (Å²) in [6, 6.07) is 7.95. The van der Waals surface area contributed by atoms with Crippen molar-refractivity contribution in [1.29, 1.82) is 0 Å². The highest BCUT2D eigenvalue weighted by Crippen LogP contribution is 2.23. The molecule has 25 heavy (non-hydrogen) atoms. The lowest BCUT2D eigenvalue weighted by Gasteiger charge is -2.27. The van der Waals surface area contributed by atoms with Crippen molar-refractivity contribution in [2.24, 2.45) is 5.92 Å². The molecule has 2 aliphatic heterocycles. The molecule has 2 heterocycles. The molecule has 138 valence electrons. The van der Waals surface area contributed by atoms with Crippen LogP contribution in [-0.2, 0) is 16.1 Å². The first-order chi connectivity index (χ1) is 12.3. The van der Waals surface area contributed by atoms with Crippen molar-refractivity contribution in [3.63, 3.8) is 0 Å². The van der Waals surface area contributed by atoms with Gasteiger partial charge in [0.25, 0.3) is 0 Å². The molecule has 1 amide bonds. The maximum atomic E-state index is 12.9. The quantitative estimate of drug-likeness (QED) is 0.786. The Labute approximate surface area is 150 Å². The summed E-state index contributed by atoms with van der Waals surface area (Å²) in [5.74, 6) is 1.71. The zero-order valence-electron chi connectivity index (χ0n) is 15.2. The van der Waals surface area contributed by atoms with E-state index >= 15 is 0 Å². The van der Waals surface area contributed by atoms with Crippen molar-refractivity contribution < 1.29 is 14.3 Å². The van der Waals surface area contributed by atoms with Crippen molar-refractivity contribution in [1.82, 2.24) is 10.2 Å². The summed E-state index contributed by atoms with van der Waals surface area (Å²) >= 11 is 0. The maximum Gasteiger partial charge on any atom is 0.222 e. The highest BCUT2D eigenvalue weighted by molar-refractivity contribution is 5.76. The van der Waals surface area contributed by atoms with E-state index < -0.39 is 0 Å². The Morgan fingerprint density at radius 2 is 2.24 bits per heavy atom. The first-order valence-electron chi connectivity index (χ1n) is 9.48. The molecular weight excluding hydrogens is 316 g/mol. The number of amides is 1. The van der Waals surface area contributed by atoms with Gasteiger partial charge in [0.1, 0.15) is 5.75 Å². The van der Waals surface area contributed by atoms with Gasteiger partial charge in [0.05, 0.1) is 13.2 Å². The maximum absolute atomic E-state index is 12.9. The molecule has 5 heteroatoms. The normalized spacial score (nSPS) is 22.9. The molecule has 2 fully saturated rings. The molecule has 0 aliphatic carbocycles. The number of methoxy groups -OCH3 is 1. The third kappa shape index (κ3) is 5.19. The first-order valence-corrected chi connectivity index (χ1v) is 9.48. The molecule has 1 N–H and O–H groups in total. The van der Waals surface area contributed by atoms with E-state index in [0.717, 1.165) is 50.3 Å². The average molecular weight is 346 g/mol. The average Bonchev–Trinajstić information content (AvgIpc) is 3.33. The number of rotatable bonds is 8. The van der Waals surface area contributed by atoms with Crippen LogP contribution in [-0.4, -0.2) is 50.3 Å². The van der Waals surface area contributed by atoms with Gasteiger partial charge >= 0.3 is 0 Å². The fourth-order valence-corrected chi connectivity index (χ4v) is 3.77. The van der Waals surface area contributed by atoms with Gasteiger partial charge < -0.3 is 19.7 Å². The summed E-state index contributed by atoms with van der Waals surface area (Å²) < 4.78 is 11.2. The van der Waals surface area contributed by atoms with Crippen LogP contribution in [0.2, 0.25) is 0 Å². The van der Waals surface area contributed by atoms with Crippen LogP contribution in [0.1, 0.15) is 37.7 Å². The van der Waals surface area contributed by atoms with E-state index in [2.05, 4.69) is 5.32 Å². The van der Waals surface area contributed by atoms with Crippen molar-refractivity contribution in [3.05, 3.63) is 29.8 Å². The summed E-state index contributed by atoms with van der Waals surface area (Å²) in [5, 5.41) is 3.38. The van der Waals surface area contributed by atoms with Gasteiger partial charge in [0.2, 0.25) is 5.91 Å². The predicted molar refractivity (Wildman–Crippen MR) is 97.6 cm³/mol. The van der Waals surface area contributed by atoms with Crippen LogP contribution in [0.25, 0.3) is 0 Å². The summed E-state index contributed by atoms with van der Waals surface area (Å²) in [4.78, 5) is 14.9. The molecule has 0 spiro atoms. The summed E-state index contributed by atoms with van der Waals surface area (Å²) in [7, 11) is 1.68. The van der Waals surface area contributed by atoms with Gasteiger partial charge in [-0.2, -0.15) is 0 Å². The molecule has 2 saturated heterocycles. The summed E-state index contributed by atoms with van der Waals surface area (Å²) in [6.07, 6.45) is 5.09. The number of carbonyl (C=O) groups excluding carboxylic acids is 1. The molecule has 1 aromatic carbocycles. The molecule has 1 aromatic rings. The smallest absolute Gasteiger partial charge is 0.222 e. The summed E-state index contributed by atoms with van der Waals surface area (Å²) in [6.45, 7) is 4.21. The number of hydrogen-bond acceptors (Lipinski definition) is 4. The minimum absolute atomic E-state index is 0.173. The third-order valence-electron chi connectivity index (χ3n) is 5.28. The van der Waals surface area contributed by atoms with E-state index in [4.69, 9.17) is 9.47 Å². The van der Waals surface area contributed by atoms with Gasteiger partial charge in [-0.25, -0.2) is 0 Å². The Morgan fingerprint density at radius 1 is 1.36 bits per heavy atom. The first kappa shape index (κ1) is 18.2. The fourth-order valence-electron chi connectivity index (χ4n) is 3.77. The van der Waals surface area contributed by atoms with Gasteiger partial charge in [-0.15, -0.1) is 0 Å². The molecule has 2 unspecified atom stereocenters. The van der Waals surface area contributed by atoms with E-state index in [-0.39, 0.29) is 12.0 Å². The molecule has 3 rings (SSSR count). The molecule has 2 aliphatic rings. The molecular formula is C20H30N2O3. The largest absolute Gasteiger partial charge is 0.496 e. The lowest BCUT2D eigenvalue weighted by molar-refractivity contribution is -0.133. The van der Waals surface area contributed by atoms with Crippen molar-refractivity contribution in [3.8, 4) is 5.75 Å². The number of carbonyl (C=O) groups is 1. The Bertz CT molecular complexity index is 552. The van der Waals surface area contributed by atoms with Crippen LogP contribution in [0, 0.1) is 5.92 Å². The zero-order chi connectivity index (χ0) is 17.5. The second-order valence-corrected chi connectivity index (χ2v) is 7.12. The standard InChI is InChI=1S/C20H30N2O3/c1-24-19-7-3-2-5-17(19)14-22(15-18-6-4-12-25-18)20(23)9-8-16-10-11-21-13-16/h2-3,5,7,16,18,21H,4,6,8-15H2,1H3. The minimum atomic E-state index is 0.173. The third-order valence-corrected chi connectivity index (χ3v) is 5.28. The number of benzene rings is 1. The van der Waals surface area contributed by atoms with Gasteiger partial charge in [-0.3, -0.25) is 4.79 Å². The van der Waals surface area contributed by atoms with Crippen LogP contribution in [0.5, 0.6) is 5.75 Å². The molecule has 0 bridgehead atoms. The molecule has 0 radical (unpaired) electrons. The van der Waals surface area contributed by atoms with E-state index in [1.54, 1.807) is 7.11 Å². The molecule has 0 aromatic heterocycles. The predicted octanol–water partition coefficient (Wildman–Crippen LogP) is 2.59. The number of para-hydroxylation sites is 1. The molecule has 5 nitrogen and oxygen atoms in total. The second kappa shape index (κ2) is 9.20. The van der Waals surface area contributed by atoms with Crippen LogP contribution in [0.15, 0.2) is 24.3 Å². The van der Waals surface area contributed by atoms with E-state index in [9.17, 15) is 4.79 Å². The van der Waals surface area contributed by atoms with Gasteiger partial charge in [0.15, 0.2) is 0 Å². The summed E-state index contributed by atoms with van der Waals surface area (Å²) in [5.41, 5.74) is 1.05. The fraction of sp³-hybridized carbons (Fsp3) is 0.650. The second-order valence-electron chi connectivity index (χ2n) is 7.12. The van der Waals surface area contributed by atoms with Gasteiger partial charge in [0, 0.05) is 31.7 Å². The lowest BCUT2D eigenvalue weighted by atomic mass is 10.0. The topological polar surface area (TPSA) is 50.8 Å². The number of nitrogens with zero attached hydrogens (tertiary/aromatic N) is 1. The highest BCUT2D eigenvalue weighted by atomic mass is 16.5. The van der Waals surface area contributed by atoms with Crippen LogP contribution in [0.3, 0.4) is 0 Å². The molecule has 0 saturated carbocycles. The Balaban J connectivity index is 1.63. The Hall–Kier alpha value is -1.59. The Kier molecular flexibility index (Phi) is 6.70.